The number of rotatable bonds is 3. The van der Waals surface area contributed by atoms with Gasteiger partial charge in [-0.25, -0.2) is 0 Å². The number of ketones is 1. The molecule has 4 heteroatoms. The zero-order chi connectivity index (χ0) is 14.1. The predicted molar refractivity (Wildman–Crippen MR) is 73.8 cm³/mol. The van der Waals surface area contributed by atoms with E-state index in [-0.39, 0.29) is 5.92 Å². The topological polar surface area (TPSA) is 86.2 Å². The first-order valence-electron chi connectivity index (χ1n) is 6.56. The van der Waals surface area contributed by atoms with Crippen molar-refractivity contribution in [2.24, 2.45) is 23.3 Å². The molecule has 0 heterocycles. The normalized spacial score (nSPS) is 20.6. The van der Waals surface area contributed by atoms with Crippen LogP contribution in [0.15, 0.2) is 12.2 Å². The number of carbonyl (C=O) groups excluding carboxylic acids is 2. The smallest absolute Gasteiger partial charge is 0.234 e. The quantitative estimate of drug-likeness (QED) is 0.753. The van der Waals surface area contributed by atoms with Gasteiger partial charge in [0.1, 0.15) is 5.78 Å². The van der Waals surface area contributed by atoms with E-state index >= 15 is 0 Å². The highest BCUT2D eigenvalue weighted by atomic mass is 16.1. The van der Waals surface area contributed by atoms with Gasteiger partial charge in [0.25, 0.3) is 0 Å². The van der Waals surface area contributed by atoms with E-state index in [0.29, 0.717) is 11.7 Å². The third-order valence-corrected chi connectivity index (χ3v) is 3.13. The van der Waals surface area contributed by atoms with E-state index in [0.717, 1.165) is 19.3 Å². The second kappa shape index (κ2) is 8.86. The van der Waals surface area contributed by atoms with Gasteiger partial charge in [0.05, 0.1) is 6.04 Å². The van der Waals surface area contributed by atoms with E-state index in [1.807, 2.05) is 13.8 Å². The van der Waals surface area contributed by atoms with Gasteiger partial charge in [0, 0.05) is 5.92 Å². The number of hydrogen-bond acceptors (Lipinski definition) is 3. The molecule has 0 fully saturated rings. The summed E-state index contributed by atoms with van der Waals surface area (Å²) in [5.74, 6) is 0.387. The Kier molecular flexibility index (Phi) is 8.29. The second-order valence-corrected chi connectivity index (χ2v) is 5.12. The first-order valence-corrected chi connectivity index (χ1v) is 6.56. The van der Waals surface area contributed by atoms with Crippen molar-refractivity contribution in [3.8, 4) is 0 Å². The van der Waals surface area contributed by atoms with Crippen LogP contribution in [0.3, 0.4) is 0 Å². The van der Waals surface area contributed by atoms with E-state index in [1.54, 1.807) is 6.92 Å². The number of allylic oxidation sites excluding steroid dienone is 2. The molecule has 1 aliphatic rings. The number of primary amides is 1. The molecule has 0 spiro atoms. The summed E-state index contributed by atoms with van der Waals surface area (Å²) in [6.07, 6.45) is 8.71. The van der Waals surface area contributed by atoms with Crippen molar-refractivity contribution in [1.29, 1.82) is 0 Å². The number of Topliss-reactive ketones (excluding diaryl/α,β-unsaturated/α-hetero) is 1. The largest absolute Gasteiger partial charge is 0.368 e. The molecule has 2 atom stereocenters. The van der Waals surface area contributed by atoms with Gasteiger partial charge in [-0.3, -0.25) is 9.59 Å². The van der Waals surface area contributed by atoms with E-state index in [1.165, 1.54) is 6.42 Å². The van der Waals surface area contributed by atoms with Crippen LogP contribution in [-0.4, -0.2) is 17.7 Å². The maximum atomic E-state index is 10.9. The molecule has 0 saturated heterocycles. The molecule has 0 aliphatic heterocycles. The number of amides is 1. The SMILES string of the molecule is CC(=O)C1CC=CCCC1.CC(C)C(N)C(N)=O. The van der Waals surface area contributed by atoms with Gasteiger partial charge in [0.2, 0.25) is 5.91 Å². The minimum absolute atomic E-state index is 0.146. The van der Waals surface area contributed by atoms with Crippen molar-refractivity contribution in [3.63, 3.8) is 0 Å². The van der Waals surface area contributed by atoms with Crippen molar-refractivity contribution < 1.29 is 9.59 Å². The van der Waals surface area contributed by atoms with Gasteiger partial charge in [-0.05, 0) is 38.5 Å². The number of hydrogen-bond donors (Lipinski definition) is 2. The van der Waals surface area contributed by atoms with Crippen molar-refractivity contribution >= 4 is 11.7 Å². The van der Waals surface area contributed by atoms with Crippen LogP contribution in [0.2, 0.25) is 0 Å². The Morgan fingerprint density at radius 3 is 2.28 bits per heavy atom. The lowest BCUT2D eigenvalue weighted by molar-refractivity contribution is -0.121. The van der Waals surface area contributed by atoms with E-state index in [2.05, 4.69) is 12.2 Å². The summed E-state index contributed by atoms with van der Waals surface area (Å²) in [5, 5.41) is 0. The molecule has 4 nitrogen and oxygen atoms in total. The fraction of sp³-hybridized carbons (Fsp3) is 0.714. The molecule has 104 valence electrons. The summed E-state index contributed by atoms with van der Waals surface area (Å²) >= 11 is 0. The van der Waals surface area contributed by atoms with Crippen molar-refractivity contribution in [2.45, 2.75) is 52.5 Å². The Balaban J connectivity index is 0.000000331. The maximum absolute atomic E-state index is 10.9. The molecule has 2 unspecified atom stereocenters. The number of nitrogens with two attached hydrogens (primary N) is 2. The Morgan fingerprint density at radius 2 is 1.89 bits per heavy atom. The van der Waals surface area contributed by atoms with Crippen LogP contribution in [0.5, 0.6) is 0 Å². The lowest BCUT2D eigenvalue weighted by atomic mass is 9.97. The van der Waals surface area contributed by atoms with E-state index in [4.69, 9.17) is 11.5 Å². The van der Waals surface area contributed by atoms with Gasteiger partial charge in [-0.15, -0.1) is 0 Å². The summed E-state index contributed by atoms with van der Waals surface area (Å²) in [6, 6.07) is -0.491. The van der Waals surface area contributed by atoms with Gasteiger partial charge < -0.3 is 11.5 Å². The number of carbonyl (C=O) groups is 2. The van der Waals surface area contributed by atoms with E-state index in [9.17, 15) is 9.59 Å². The summed E-state index contributed by atoms with van der Waals surface area (Å²) in [6.45, 7) is 5.41. The Labute approximate surface area is 110 Å². The zero-order valence-electron chi connectivity index (χ0n) is 11.7. The average Bonchev–Trinajstić information content (AvgIpc) is 2.57. The first-order chi connectivity index (χ1) is 8.36. The molecule has 1 rings (SSSR count). The minimum atomic E-state index is -0.491. The highest BCUT2D eigenvalue weighted by Gasteiger charge is 2.13. The third-order valence-electron chi connectivity index (χ3n) is 3.13. The summed E-state index contributed by atoms with van der Waals surface area (Å²) in [7, 11) is 0. The highest BCUT2D eigenvalue weighted by molar-refractivity contribution is 5.79. The molecule has 0 aromatic heterocycles. The Bertz CT molecular complexity index is 298. The molecule has 1 amide bonds. The Hall–Kier alpha value is -1.16. The Morgan fingerprint density at radius 1 is 1.28 bits per heavy atom. The van der Waals surface area contributed by atoms with Crippen LogP contribution in [0.1, 0.15) is 46.5 Å². The standard InChI is InChI=1S/C9H14O.C5H12N2O/c1-8(10)9-6-4-2-3-5-7-9;1-3(2)4(6)5(7)8/h2,4,9H,3,5-7H2,1H3;3-4H,6H2,1-2H3,(H2,7,8). The minimum Gasteiger partial charge on any atom is -0.368 e. The van der Waals surface area contributed by atoms with E-state index < -0.39 is 11.9 Å². The molecule has 1 aliphatic carbocycles. The van der Waals surface area contributed by atoms with Crippen molar-refractivity contribution in [2.75, 3.05) is 0 Å². The third kappa shape index (κ3) is 7.22. The van der Waals surface area contributed by atoms with Gasteiger partial charge >= 0.3 is 0 Å². The van der Waals surface area contributed by atoms with Crippen LogP contribution in [0.25, 0.3) is 0 Å². The van der Waals surface area contributed by atoms with Crippen LogP contribution < -0.4 is 11.5 Å². The molecular weight excluding hydrogens is 228 g/mol. The molecule has 0 bridgehead atoms. The van der Waals surface area contributed by atoms with Crippen LogP contribution in [0.4, 0.5) is 0 Å². The lowest BCUT2D eigenvalue weighted by Crippen LogP contribution is -2.40. The zero-order valence-corrected chi connectivity index (χ0v) is 11.7. The van der Waals surface area contributed by atoms with Crippen molar-refractivity contribution in [1.82, 2.24) is 0 Å². The van der Waals surface area contributed by atoms with Crippen molar-refractivity contribution in [3.05, 3.63) is 12.2 Å². The fourth-order valence-electron chi connectivity index (χ4n) is 1.68. The first kappa shape index (κ1) is 16.8. The monoisotopic (exact) mass is 254 g/mol. The summed E-state index contributed by atoms with van der Waals surface area (Å²) in [4.78, 5) is 21.2. The molecule has 0 saturated carbocycles. The van der Waals surface area contributed by atoms with Gasteiger partial charge in [0.15, 0.2) is 0 Å². The lowest BCUT2D eigenvalue weighted by Gasteiger charge is -2.09. The average molecular weight is 254 g/mol. The molecule has 0 radical (unpaired) electrons. The maximum Gasteiger partial charge on any atom is 0.234 e. The van der Waals surface area contributed by atoms with Crippen LogP contribution in [-0.2, 0) is 9.59 Å². The summed E-state index contributed by atoms with van der Waals surface area (Å²) in [5.41, 5.74) is 10.2. The molecule has 0 aromatic rings. The fourth-order valence-corrected chi connectivity index (χ4v) is 1.68. The summed E-state index contributed by atoms with van der Waals surface area (Å²) < 4.78 is 0. The highest BCUT2D eigenvalue weighted by Crippen LogP contribution is 2.18. The second-order valence-electron chi connectivity index (χ2n) is 5.12. The molecule has 4 N–H and O–H groups in total. The van der Waals surface area contributed by atoms with Crippen LogP contribution >= 0.6 is 0 Å². The van der Waals surface area contributed by atoms with Crippen LogP contribution in [0, 0.1) is 11.8 Å². The molecule has 18 heavy (non-hydrogen) atoms. The van der Waals surface area contributed by atoms with Gasteiger partial charge in [-0.1, -0.05) is 26.0 Å². The molecular formula is C14H26N2O2. The van der Waals surface area contributed by atoms with Gasteiger partial charge in [-0.2, -0.15) is 0 Å². The predicted octanol–water partition coefficient (Wildman–Crippen LogP) is 1.78. The molecule has 0 aromatic carbocycles.